The molecule has 1 fully saturated rings. The summed E-state index contributed by atoms with van der Waals surface area (Å²) in [6.45, 7) is 0.477. The van der Waals surface area contributed by atoms with Gasteiger partial charge >= 0.3 is 0 Å². The van der Waals surface area contributed by atoms with Crippen LogP contribution in [0.2, 0.25) is 0 Å². The highest BCUT2D eigenvalue weighted by Crippen LogP contribution is 2.36. The first-order chi connectivity index (χ1) is 11.7. The van der Waals surface area contributed by atoms with Crippen LogP contribution in [0.25, 0.3) is 0 Å². The van der Waals surface area contributed by atoms with Gasteiger partial charge in [-0.2, -0.15) is 0 Å². The van der Waals surface area contributed by atoms with Gasteiger partial charge in [0.25, 0.3) is 0 Å². The lowest BCUT2D eigenvalue weighted by Crippen LogP contribution is -2.35. The van der Waals surface area contributed by atoms with E-state index in [4.69, 9.17) is 0 Å². The van der Waals surface area contributed by atoms with Crippen LogP contribution in [0, 0.1) is 0 Å². The number of rotatable bonds is 3. The van der Waals surface area contributed by atoms with Gasteiger partial charge in [0.1, 0.15) is 0 Å². The third-order valence-electron chi connectivity index (χ3n) is 4.86. The Morgan fingerprint density at radius 2 is 2.17 bits per heavy atom. The van der Waals surface area contributed by atoms with Gasteiger partial charge in [-0.05, 0) is 37.2 Å². The predicted octanol–water partition coefficient (Wildman–Crippen LogP) is 2.08. The van der Waals surface area contributed by atoms with Gasteiger partial charge < -0.3 is 15.7 Å². The van der Waals surface area contributed by atoms with Crippen molar-refractivity contribution in [3.05, 3.63) is 46.5 Å². The Kier molecular flexibility index (Phi) is 4.35. The van der Waals surface area contributed by atoms with Crippen molar-refractivity contribution < 1.29 is 9.90 Å². The zero-order valence-electron chi connectivity index (χ0n) is 13.4. The van der Waals surface area contributed by atoms with Crippen LogP contribution in [0.1, 0.15) is 34.9 Å². The molecule has 6 heteroatoms. The zero-order chi connectivity index (χ0) is 16.5. The summed E-state index contributed by atoms with van der Waals surface area (Å²) >= 11 is 1.59. The number of aliphatic hydroxyl groups is 1. The molecular formula is C18H21N3O2S. The summed E-state index contributed by atoms with van der Waals surface area (Å²) in [6.07, 6.45) is 3.09. The molecule has 3 N–H and O–H groups in total. The number of anilines is 1. The molecule has 126 valence electrons. The number of aromatic nitrogens is 1. The molecule has 1 aliphatic carbocycles. The van der Waals surface area contributed by atoms with Crippen LogP contribution in [0.15, 0.2) is 30.3 Å². The number of benzene rings is 1. The monoisotopic (exact) mass is 343 g/mol. The summed E-state index contributed by atoms with van der Waals surface area (Å²) in [4.78, 5) is 18.1. The van der Waals surface area contributed by atoms with Gasteiger partial charge in [-0.3, -0.25) is 4.79 Å². The minimum absolute atomic E-state index is 0.0998. The predicted molar refractivity (Wildman–Crippen MR) is 94.4 cm³/mol. The highest BCUT2D eigenvalue weighted by molar-refractivity contribution is 7.15. The number of aryl methyl sites for hydroxylation is 1. The van der Waals surface area contributed by atoms with Crippen LogP contribution in [0.5, 0.6) is 0 Å². The van der Waals surface area contributed by atoms with Crippen molar-refractivity contribution >= 4 is 22.4 Å². The van der Waals surface area contributed by atoms with Gasteiger partial charge in [0, 0.05) is 11.4 Å². The number of carbonyl (C=O) groups excluding carboxylic acids is 1. The summed E-state index contributed by atoms with van der Waals surface area (Å²) in [5, 5.41) is 16.2. The van der Waals surface area contributed by atoms with Crippen molar-refractivity contribution in [1.82, 2.24) is 10.3 Å². The maximum absolute atomic E-state index is 12.2. The van der Waals surface area contributed by atoms with Gasteiger partial charge in [0.05, 0.1) is 17.8 Å². The first-order valence-electron chi connectivity index (χ1n) is 8.45. The topological polar surface area (TPSA) is 74.2 Å². The van der Waals surface area contributed by atoms with E-state index >= 15 is 0 Å². The number of nitrogens with one attached hydrogen (secondary N) is 2. The third kappa shape index (κ3) is 3.22. The van der Waals surface area contributed by atoms with Crippen LogP contribution in [-0.4, -0.2) is 34.7 Å². The smallest absolute Gasteiger partial charge is 0.243 e. The fraction of sp³-hybridized carbons (Fsp3) is 0.444. The normalized spacial score (nSPS) is 26.1. The number of amides is 1. The van der Waals surface area contributed by atoms with Gasteiger partial charge in [0.2, 0.25) is 5.91 Å². The molecule has 24 heavy (non-hydrogen) atoms. The number of aliphatic hydroxyl groups excluding tert-OH is 1. The standard InChI is InChI=1S/C18H21N3O2S/c22-13-9-15(19-10-13)17(23)21-18-20-14-7-6-12(8-16(14)24-18)11-4-2-1-3-5-11/h1-5,12-13,15,19,22H,6-10H2,(H,20,21,23). The lowest BCUT2D eigenvalue weighted by Gasteiger charge is -2.21. The average molecular weight is 343 g/mol. The maximum Gasteiger partial charge on any atom is 0.243 e. The molecule has 0 spiro atoms. The second-order valence-electron chi connectivity index (χ2n) is 6.58. The second kappa shape index (κ2) is 6.63. The molecule has 1 saturated heterocycles. The summed E-state index contributed by atoms with van der Waals surface area (Å²) in [5.41, 5.74) is 2.51. The second-order valence-corrected chi connectivity index (χ2v) is 7.66. The Balaban J connectivity index is 1.44. The van der Waals surface area contributed by atoms with Crippen molar-refractivity contribution in [2.45, 2.75) is 43.7 Å². The van der Waals surface area contributed by atoms with E-state index in [1.807, 2.05) is 6.07 Å². The number of thiazole rings is 1. The molecule has 0 radical (unpaired) electrons. The number of nitrogens with zero attached hydrogens (tertiary/aromatic N) is 1. The number of hydrogen-bond acceptors (Lipinski definition) is 5. The molecule has 3 atom stereocenters. The molecule has 3 unspecified atom stereocenters. The number of carbonyl (C=O) groups is 1. The average Bonchev–Trinajstić information content (AvgIpc) is 3.20. The maximum atomic E-state index is 12.2. The van der Waals surface area contributed by atoms with Crippen molar-refractivity contribution in [1.29, 1.82) is 0 Å². The molecule has 5 nitrogen and oxygen atoms in total. The fourth-order valence-electron chi connectivity index (χ4n) is 3.55. The van der Waals surface area contributed by atoms with Gasteiger partial charge in [-0.25, -0.2) is 4.98 Å². The van der Waals surface area contributed by atoms with Crippen molar-refractivity contribution in [3.63, 3.8) is 0 Å². The first-order valence-corrected chi connectivity index (χ1v) is 9.26. The van der Waals surface area contributed by atoms with Gasteiger partial charge in [-0.15, -0.1) is 11.3 Å². The molecule has 2 aliphatic rings. The van der Waals surface area contributed by atoms with E-state index in [0.717, 1.165) is 25.0 Å². The molecule has 1 aliphatic heterocycles. The number of hydrogen-bond donors (Lipinski definition) is 3. The zero-order valence-corrected chi connectivity index (χ0v) is 14.2. The van der Waals surface area contributed by atoms with Crippen LogP contribution in [-0.2, 0) is 17.6 Å². The molecule has 0 bridgehead atoms. The highest BCUT2D eigenvalue weighted by Gasteiger charge is 2.29. The Labute approximate surface area is 145 Å². The largest absolute Gasteiger partial charge is 0.392 e. The van der Waals surface area contributed by atoms with E-state index in [1.165, 1.54) is 10.4 Å². The fourth-order valence-corrected chi connectivity index (χ4v) is 4.64. The first kappa shape index (κ1) is 15.7. The van der Waals surface area contributed by atoms with Crippen LogP contribution in [0.4, 0.5) is 5.13 Å². The molecule has 4 rings (SSSR count). The van der Waals surface area contributed by atoms with Gasteiger partial charge in [-0.1, -0.05) is 30.3 Å². The van der Waals surface area contributed by atoms with E-state index in [2.05, 4.69) is 39.9 Å². The number of β-amino-alcohol motifs (C(OH)–C–C–N with tert-alkyl or cyclic N) is 1. The lowest BCUT2D eigenvalue weighted by atomic mass is 9.85. The summed E-state index contributed by atoms with van der Waals surface area (Å²) in [7, 11) is 0. The third-order valence-corrected chi connectivity index (χ3v) is 5.90. The molecule has 2 aromatic rings. The molecular weight excluding hydrogens is 322 g/mol. The summed E-state index contributed by atoms with van der Waals surface area (Å²) < 4.78 is 0. The minimum Gasteiger partial charge on any atom is -0.392 e. The van der Waals surface area contributed by atoms with Gasteiger partial charge in [0.15, 0.2) is 5.13 Å². The van der Waals surface area contributed by atoms with Crippen molar-refractivity contribution in [2.24, 2.45) is 0 Å². The SMILES string of the molecule is O=C(Nc1nc2c(s1)CC(c1ccccc1)CC2)C1CC(O)CN1. The Morgan fingerprint density at radius 3 is 2.92 bits per heavy atom. The minimum atomic E-state index is -0.433. The summed E-state index contributed by atoms with van der Waals surface area (Å²) in [6, 6.07) is 10.3. The lowest BCUT2D eigenvalue weighted by molar-refractivity contribution is -0.117. The van der Waals surface area contributed by atoms with E-state index in [0.29, 0.717) is 24.0 Å². The Hall–Kier alpha value is -1.76. The highest BCUT2D eigenvalue weighted by atomic mass is 32.1. The molecule has 0 saturated carbocycles. The quantitative estimate of drug-likeness (QED) is 0.798. The molecule has 1 amide bonds. The van der Waals surface area contributed by atoms with Crippen molar-refractivity contribution in [2.75, 3.05) is 11.9 Å². The van der Waals surface area contributed by atoms with Crippen molar-refractivity contribution in [3.8, 4) is 0 Å². The van der Waals surface area contributed by atoms with Crippen LogP contribution >= 0.6 is 11.3 Å². The van der Waals surface area contributed by atoms with E-state index in [-0.39, 0.29) is 11.9 Å². The van der Waals surface area contributed by atoms with E-state index in [1.54, 1.807) is 11.3 Å². The summed E-state index contributed by atoms with van der Waals surface area (Å²) in [5.74, 6) is 0.437. The Morgan fingerprint density at radius 1 is 1.33 bits per heavy atom. The molecule has 1 aromatic carbocycles. The van der Waals surface area contributed by atoms with Crippen LogP contribution in [0.3, 0.4) is 0 Å². The Bertz CT molecular complexity index is 731. The molecule has 2 heterocycles. The number of fused-ring (bicyclic) bond motifs is 1. The van der Waals surface area contributed by atoms with E-state index in [9.17, 15) is 9.90 Å². The van der Waals surface area contributed by atoms with Crippen LogP contribution < -0.4 is 10.6 Å². The van der Waals surface area contributed by atoms with E-state index < -0.39 is 6.10 Å². The molecule has 1 aromatic heterocycles.